The molecule has 1 N–H and O–H groups in total. The van der Waals surface area contributed by atoms with Crippen LogP contribution < -0.4 is 5.46 Å². The molecule has 0 spiro atoms. The molecular formula is C12H12BFO5. The van der Waals surface area contributed by atoms with Crippen molar-refractivity contribution in [2.45, 2.75) is 30.7 Å². The van der Waals surface area contributed by atoms with Crippen LogP contribution in [0.25, 0.3) is 0 Å². The number of aliphatic hydroxyl groups excluding tert-OH is 1. The lowest BCUT2D eigenvalue weighted by Crippen LogP contribution is -2.65. The largest absolute Gasteiger partial charge is 0.494 e. The maximum atomic E-state index is 12.9. The fraction of sp³-hybridized carbons (Fsp3) is 0.500. The molecule has 2 unspecified atom stereocenters. The van der Waals surface area contributed by atoms with Crippen LogP contribution in [0.5, 0.6) is 0 Å². The Hall–Kier alpha value is -0.985. The van der Waals surface area contributed by atoms with Crippen molar-refractivity contribution in [2.24, 2.45) is 0 Å². The smallest absolute Gasteiger partial charge is 0.399 e. The monoisotopic (exact) mass is 266 g/mol. The van der Waals surface area contributed by atoms with Gasteiger partial charge in [-0.2, -0.15) is 0 Å². The van der Waals surface area contributed by atoms with Crippen molar-refractivity contribution < 1.29 is 28.3 Å². The molecule has 1 aromatic rings. The molecule has 0 aromatic heterocycles. The SMILES string of the molecule is O[C@@H]1C2OB(c3ccc(F)cc3)OC1[C@H]1CO[C@H]2O1. The zero-order valence-electron chi connectivity index (χ0n) is 9.94. The van der Waals surface area contributed by atoms with Crippen LogP contribution in [-0.4, -0.2) is 49.5 Å². The van der Waals surface area contributed by atoms with E-state index in [2.05, 4.69) is 0 Å². The lowest BCUT2D eigenvalue weighted by Gasteiger charge is -2.44. The molecule has 3 aliphatic heterocycles. The average molecular weight is 266 g/mol. The van der Waals surface area contributed by atoms with Gasteiger partial charge >= 0.3 is 7.12 Å². The maximum Gasteiger partial charge on any atom is 0.494 e. The number of ether oxygens (including phenoxy) is 2. The third kappa shape index (κ3) is 1.81. The third-order valence-electron chi connectivity index (χ3n) is 3.75. The van der Waals surface area contributed by atoms with Crippen LogP contribution in [0.1, 0.15) is 0 Å². The first-order valence-corrected chi connectivity index (χ1v) is 6.24. The number of fused-ring (bicyclic) bond motifs is 6. The van der Waals surface area contributed by atoms with Crippen molar-refractivity contribution in [3.63, 3.8) is 0 Å². The molecule has 3 aliphatic rings. The first-order chi connectivity index (χ1) is 9.22. The molecule has 0 radical (unpaired) electrons. The summed E-state index contributed by atoms with van der Waals surface area (Å²) in [6.07, 6.45) is -2.64. The van der Waals surface area contributed by atoms with Crippen LogP contribution >= 0.6 is 0 Å². The van der Waals surface area contributed by atoms with Crippen molar-refractivity contribution in [3.8, 4) is 0 Å². The highest BCUT2D eigenvalue weighted by molar-refractivity contribution is 6.61. The van der Waals surface area contributed by atoms with Gasteiger partial charge in [0, 0.05) is 0 Å². The lowest BCUT2D eigenvalue weighted by atomic mass is 9.75. The van der Waals surface area contributed by atoms with Crippen molar-refractivity contribution in [2.75, 3.05) is 6.61 Å². The summed E-state index contributed by atoms with van der Waals surface area (Å²) in [5.41, 5.74) is 0.713. The zero-order valence-corrected chi connectivity index (χ0v) is 9.94. The van der Waals surface area contributed by atoms with Crippen LogP contribution in [0.2, 0.25) is 0 Å². The second-order valence-electron chi connectivity index (χ2n) is 4.95. The van der Waals surface area contributed by atoms with Crippen LogP contribution in [0.3, 0.4) is 0 Å². The Morgan fingerprint density at radius 1 is 1.16 bits per heavy atom. The summed E-state index contributed by atoms with van der Waals surface area (Å²) in [4.78, 5) is 0. The Labute approximate surface area is 109 Å². The Bertz CT molecular complexity index is 464. The molecule has 19 heavy (non-hydrogen) atoms. The van der Waals surface area contributed by atoms with Gasteiger partial charge in [0.1, 0.15) is 30.2 Å². The van der Waals surface area contributed by atoms with Gasteiger partial charge in [0.25, 0.3) is 0 Å². The van der Waals surface area contributed by atoms with Crippen molar-refractivity contribution in [1.82, 2.24) is 0 Å². The van der Waals surface area contributed by atoms with E-state index in [4.69, 9.17) is 18.8 Å². The van der Waals surface area contributed by atoms with Crippen molar-refractivity contribution in [1.29, 1.82) is 0 Å². The van der Waals surface area contributed by atoms with E-state index >= 15 is 0 Å². The average Bonchev–Trinajstić information content (AvgIpc) is 2.86. The molecule has 3 saturated heterocycles. The molecule has 7 heteroatoms. The van der Waals surface area contributed by atoms with Gasteiger partial charge in [-0.1, -0.05) is 12.1 Å². The van der Waals surface area contributed by atoms with Gasteiger partial charge in [0.15, 0.2) is 6.29 Å². The second-order valence-corrected chi connectivity index (χ2v) is 4.95. The quantitative estimate of drug-likeness (QED) is 0.689. The number of hydrogen-bond acceptors (Lipinski definition) is 5. The number of aliphatic hydroxyl groups is 1. The predicted octanol–water partition coefficient (Wildman–Crippen LogP) is -0.579. The fourth-order valence-electron chi connectivity index (χ4n) is 2.76. The maximum absolute atomic E-state index is 12.9. The lowest BCUT2D eigenvalue weighted by molar-refractivity contribution is -0.243. The van der Waals surface area contributed by atoms with Gasteiger partial charge in [-0.15, -0.1) is 0 Å². The predicted molar refractivity (Wildman–Crippen MR) is 62.2 cm³/mol. The molecule has 100 valence electrons. The van der Waals surface area contributed by atoms with Crippen LogP contribution in [0.4, 0.5) is 4.39 Å². The van der Waals surface area contributed by atoms with E-state index < -0.39 is 31.7 Å². The number of rotatable bonds is 1. The first kappa shape index (κ1) is 11.8. The van der Waals surface area contributed by atoms with Gasteiger partial charge in [-0.25, -0.2) is 4.39 Å². The van der Waals surface area contributed by atoms with Crippen LogP contribution in [-0.2, 0) is 18.8 Å². The van der Waals surface area contributed by atoms with Crippen molar-refractivity contribution in [3.05, 3.63) is 30.1 Å². The van der Waals surface area contributed by atoms with E-state index in [0.29, 0.717) is 12.1 Å². The highest BCUT2D eigenvalue weighted by Gasteiger charge is 2.56. The van der Waals surface area contributed by atoms with Crippen LogP contribution in [0.15, 0.2) is 24.3 Å². The molecule has 0 aliphatic carbocycles. The molecule has 3 heterocycles. The van der Waals surface area contributed by atoms with Gasteiger partial charge < -0.3 is 23.9 Å². The highest BCUT2D eigenvalue weighted by Crippen LogP contribution is 2.35. The van der Waals surface area contributed by atoms with Gasteiger partial charge in [0.2, 0.25) is 0 Å². The fourth-order valence-corrected chi connectivity index (χ4v) is 2.76. The summed E-state index contributed by atoms with van der Waals surface area (Å²) in [7, 11) is -0.630. The molecule has 0 amide bonds. The molecule has 4 bridgehead atoms. The summed E-state index contributed by atoms with van der Waals surface area (Å²) in [6, 6.07) is 5.92. The number of halogens is 1. The highest BCUT2D eigenvalue weighted by atomic mass is 19.1. The minimum absolute atomic E-state index is 0.275. The summed E-state index contributed by atoms with van der Waals surface area (Å²) in [5, 5.41) is 10.1. The summed E-state index contributed by atoms with van der Waals surface area (Å²) < 4.78 is 35.3. The minimum Gasteiger partial charge on any atom is -0.399 e. The molecule has 4 rings (SSSR count). The molecule has 1 aromatic carbocycles. The number of benzene rings is 1. The minimum atomic E-state index is -0.761. The van der Waals surface area contributed by atoms with Gasteiger partial charge in [0.05, 0.1) is 6.61 Å². The molecule has 0 saturated carbocycles. The Balaban J connectivity index is 1.62. The van der Waals surface area contributed by atoms with E-state index in [-0.39, 0.29) is 11.9 Å². The van der Waals surface area contributed by atoms with Crippen LogP contribution in [0, 0.1) is 5.82 Å². The van der Waals surface area contributed by atoms with E-state index in [1.54, 1.807) is 12.1 Å². The molecule has 3 fully saturated rings. The Kier molecular flexibility index (Phi) is 2.65. The van der Waals surface area contributed by atoms with Crippen molar-refractivity contribution >= 4 is 12.6 Å². The summed E-state index contributed by atoms with van der Waals surface area (Å²) in [5.74, 6) is -0.313. The topological polar surface area (TPSA) is 57.2 Å². The zero-order chi connectivity index (χ0) is 13.0. The van der Waals surface area contributed by atoms with Gasteiger partial charge in [-0.3, -0.25) is 0 Å². The summed E-state index contributed by atoms with van der Waals surface area (Å²) in [6.45, 7) is 0.391. The standard InChI is InChI=1S/C12H12BFO5/c14-7-3-1-6(2-4-7)13-18-10-8-5-16-12(17-8)11(19-13)9(10)15/h1-4,8-12,15H,5H2/t8-,9+,10?,11?,12+/m1/s1. The number of hydrogen-bond donors (Lipinski definition) is 1. The van der Waals surface area contributed by atoms with E-state index in [1.165, 1.54) is 12.1 Å². The second kappa shape index (κ2) is 4.26. The molecular weight excluding hydrogens is 254 g/mol. The summed E-state index contributed by atoms with van der Waals surface area (Å²) >= 11 is 0. The van der Waals surface area contributed by atoms with Gasteiger partial charge in [-0.05, 0) is 17.6 Å². The Morgan fingerprint density at radius 2 is 1.89 bits per heavy atom. The van der Waals surface area contributed by atoms with E-state index in [9.17, 15) is 9.50 Å². The Morgan fingerprint density at radius 3 is 2.68 bits per heavy atom. The third-order valence-corrected chi connectivity index (χ3v) is 3.75. The van der Waals surface area contributed by atoms with E-state index in [0.717, 1.165) is 0 Å². The molecule has 5 atom stereocenters. The normalized spacial score (nSPS) is 40.5. The van der Waals surface area contributed by atoms with E-state index in [1.807, 2.05) is 0 Å². The molecule has 5 nitrogen and oxygen atoms in total. The first-order valence-electron chi connectivity index (χ1n) is 6.24.